The fraction of sp³-hybridized carbons (Fsp3) is 0.533. The number of nitrogens with two attached hydrogens (primary N) is 1. The lowest BCUT2D eigenvalue weighted by molar-refractivity contribution is -0.124. The summed E-state index contributed by atoms with van der Waals surface area (Å²) in [6.07, 6.45) is 2.04. The molecule has 4 nitrogen and oxygen atoms in total. The van der Waals surface area contributed by atoms with Crippen LogP contribution >= 0.6 is 0 Å². The predicted octanol–water partition coefficient (Wildman–Crippen LogP) is 1.67. The minimum Gasteiger partial charge on any atom is -0.371 e. The molecule has 1 heterocycles. The molecule has 1 aliphatic rings. The van der Waals surface area contributed by atoms with Crippen molar-refractivity contribution in [3.63, 3.8) is 0 Å². The van der Waals surface area contributed by atoms with E-state index in [2.05, 4.69) is 34.5 Å². The summed E-state index contributed by atoms with van der Waals surface area (Å²) in [7, 11) is 1.71. The second-order valence-electron chi connectivity index (χ2n) is 5.28. The Hall–Kier alpha value is -1.55. The van der Waals surface area contributed by atoms with E-state index in [0.717, 1.165) is 31.5 Å². The summed E-state index contributed by atoms with van der Waals surface area (Å²) in [5, 5.41) is 2.75. The van der Waals surface area contributed by atoms with Gasteiger partial charge in [-0.1, -0.05) is 12.1 Å². The van der Waals surface area contributed by atoms with E-state index in [4.69, 9.17) is 5.73 Å². The van der Waals surface area contributed by atoms with Gasteiger partial charge in [-0.25, -0.2) is 0 Å². The lowest BCUT2D eigenvalue weighted by atomic mass is 9.96. The molecule has 1 aromatic rings. The van der Waals surface area contributed by atoms with E-state index in [0.29, 0.717) is 0 Å². The molecule has 1 aliphatic heterocycles. The van der Waals surface area contributed by atoms with Gasteiger partial charge in [0.1, 0.15) is 0 Å². The average molecular weight is 261 g/mol. The van der Waals surface area contributed by atoms with E-state index in [1.54, 1.807) is 7.05 Å². The SMILES string of the molecule is CNC(=O)C1CCCN(c2ccc(C(C)N)cc2)C1. The Bertz CT molecular complexity index is 428. The third-order valence-electron chi connectivity index (χ3n) is 3.82. The zero-order chi connectivity index (χ0) is 13.8. The first kappa shape index (κ1) is 13.9. The predicted molar refractivity (Wildman–Crippen MR) is 78.0 cm³/mol. The highest BCUT2D eigenvalue weighted by Crippen LogP contribution is 2.24. The lowest BCUT2D eigenvalue weighted by Crippen LogP contribution is -2.42. The highest BCUT2D eigenvalue weighted by atomic mass is 16.1. The number of nitrogens with one attached hydrogen (secondary N) is 1. The highest BCUT2D eigenvalue weighted by Gasteiger charge is 2.25. The third-order valence-corrected chi connectivity index (χ3v) is 3.82. The zero-order valence-corrected chi connectivity index (χ0v) is 11.7. The number of carbonyl (C=O) groups is 1. The van der Waals surface area contributed by atoms with Crippen molar-refractivity contribution in [2.24, 2.45) is 11.7 Å². The van der Waals surface area contributed by atoms with Crippen molar-refractivity contribution in [1.82, 2.24) is 5.32 Å². The molecule has 104 valence electrons. The van der Waals surface area contributed by atoms with Crippen LogP contribution in [0.1, 0.15) is 31.4 Å². The van der Waals surface area contributed by atoms with Crippen molar-refractivity contribution in [3.8, 4) is 0 Å². The number of benzene rings is 1. The van der Waals surface area contributed by atoms with E-state index < -0.39 is 0 Å². The van der Waals surface area contributed by atoms with Gasteiger partial charge >= 0.3 is 0 Å². The summed E-state index contributed by atoms with van der Waals surface area (Å²) in [6.45, 7) is 3.81. The van der Waals surface area contributed by atoms with E-state index in [9.17, 15) is 4.79 Å². The highest BCUT2D eigenvalue weighted by molar-refractivity contribution is 5.79. The maximum absolute atomic E-state index is 11.7. The molecule has 1 amide bonds. The first-order valence-corrected chi connectivity index (χ1v) is 6.94. The van der Waals surface area contributed by atoms with Crippen LogP contribution in [-0.4, -0.2) is 26.0 Å². The third kappa shape index (κ3) is 3.26. The number of amides is 1. The molecule has 3 N–H and O–H groups in total. The van der Waals surface area contributed by atoms with Crippen molar-refractivity contribution in [2.75, 3.05) is 25.0 Å². The van der Waals surface area contributed by atoms with Crippen molar-refractivity contribution in [2.45, 2.75) is 25.8 Å². The van der Waals surface area contributed by atoms with E-state index in [1.807, 2.05) is 6.92 Å². The quantitative estimate of drug-likeness (QED) is 0.870. The Morgan fingerprint density at radius 3 is 2.68 bits per heavy atom. The van der Waals surface area contributed by atoms with Crippen LogP contribution in [0.15, 0.2) is 24.3 Å². The molecule has 0 aromatic heterocycles. The standard InChI is InChI=1S/C15H23N3O/c1-11(16)12-5-7-14(8-6-12)18-9-3-4-13(10-18)15(19)17-2/h5-8,11,13H,3-4,9-10,16H2,1-2H3,(H,17,19). The monoisotopic (exact) mass is 261 g/mol. The van der Waals surface area contributed by atoms with E-state index in [1.165, 1.54) is 5.69 Å². The summed E-state index contributed by atoms with van der Waals surface area (Å²) >= 11 is 0. The topological polar surface area (TPSA) is 58.4 Å². The Labute approximate surface area is 115 Å². The largest absolute Gasteiger partial charge is 0.371 e. The van der Waals surface area contributed by atoms with Gasteiger partial charge in [0.25, 0.3) is 0 Å². The van der Waals surface area contributed by atoms with Crippen molar-refractivity contribution >= 4 is 11.6 Å². The first-order chi connectivity index (χ1) is 9.11. The molecule has 0 aliphatic carbocycles. The fourth-order valence-electron chi connectivity index (χ4n) is 2.62. The second kappa shape index (κ2) is 6.06. The van der Waals surface area contributed by atoms with Gasteiger partial charge in [-0.3, -0.25) is 4.79 Å². The molecule has 0 saturated carbocycles. The molecule has 2 rings (SSSR count). The van der Waals surface area contributed by atoms with Gasteiger partial charge in [-0.15, -0.1) is 0 Å². The van der Waals surface area contributed by atoms with Gasteiger partial charge in [0, 0.05) is 31.9 Å². The average Bonchev–Trinajstić information content (AvgIpc) is 2.46. The Morgan fingerprint density at radius 2 is 2.11 bits per heavy atom. The first-order valence-electron chi connectivity index (χ1n) is 6.94. The van der Waals surface area contributed by atoms with E-state index >= 15 is 0 Å². The summed E-state index contributed by atoms with van der Waals surface area (Å²) in [5.74, 6) is 0.253. The smallest absolute Gasteiger partial charge is 0.224 e. The second-order valence-corrected chi connectivity index (χ2v) is 5.28. The van der Waals surface area contributed by atoms with Gasteiger partial charge in [0.15, 0.2) is 0 Å². The normalized spacial score (nSPS) is 21.0. The molecule has 19 heavy (non-hydrogen) atoms. The molecule has 2 atom stereocenters. The number of hydrogen-bond donors (Lipinski definition) is 2. The Balaban J connectivity index is 2.06. The molecule has 0 radical (unpaired) electrons. The number of rotatable bonds is 3. The van der Waals surface area contributed by atoms with E-state index in [-0.39, 0.29) is 17.9 Å². The number of hydrogen-bond acceptors (Lipinski definition) is 3. The van der Waals surface area contributed by atoms with Gasteiger partial charge in [0.05, 0.1) is 5.92 Å². The van der Waals surface area contributed by atoms with Crippen LogP contribution in [-0.2, 0) is 4.79 Å². The number of piperidine rings is 1. The minimum atomic E-state index is 0.0639. The summed E-state index contributed by atoms with van der Waals surface area (Å²) in [5.41, 5.74) is 8.18. The Kier molecular flexibility index (Phi) is 4.43. The van der Waals surface area contributed by atoms with Gasteiger partial charge < -0.3 is 16.0 Å². The van der Waals surface area contributed by atoms with Crippen LogP contribution in [0.3, 0.4) is 0 Å². The Morgan fingerprint density at radius 1 is 1.42 bits per heavy atom. The number of anilines is 1. The number of nitrogens with zero attached hydrogens (tertiary/aromatic N) is 1. The summed E-state index contributed by atoms with van der Waals surface area (Å²) < 4.78 is 0. The van der Waals surface area contributed by atoms with Crippen molar-refractivity contribution in [1.29, 1.82) is 0 Å². The zero-order valence-electron chi connectivity index (χ0n) is 11.7. The van der Waals surface area contributed by atoms with Crippen molar-refractivity contribution in [3.05, 3.63) is 29.8 Å². The summed E-state index contributed by atoms with van der Waals surface area (Å²) in [4.78, 5) is 14.0. The molecule has 1 aromatic carbocycles. The molecule has 0 spiro atoms. The minimum absolute atomic E-state index is 0.0639. The van der Waals surface area contributed by atoms with Crippen LogP contribution in [0.5, 0.6) is 0 Å². The maximum atomic E-state index is 11.7. The van der Waals surface area contributed by atoms with Gasteiger partial charge in [-0.05, 0) is 37.5 Å². The van der Waals surface area contributed by atoms with Crippen LogP contribution in [0.4, 0.5) is 5.69 Å². The number of carbonyl (C=O) groups excluding carboxylic acids is 1. The fourth-order valence-corrected chi connectivity index (χ4v) is 2.62. The lowest BCUT2D eigenvalue weighted by Gasteiger charge is -2.33. The molecule has 1 saturated heterocycles. The van der Waals surface area contributed by atoms with Crippen LogP contribution < -0.4 is 16.0 Å². The van der Waals surface area contributed by atoms with Crippen LogP contribution in [0, 0.1) is 5.92 Å². The van der Waals surface area contributed by atoms with Crippen LogP contribution in [0.2, 0.25) is 0 Å². The molecular formula is C15H23N3O. The van der Waals surface area contributed by atoms with Gasteiger partial charge in [-0.2, -0.15) is 0 Å². The molecular weight excluding hydrogens is 238 g/mol. The molecule has 0 bridgehead atoms. The molecule has 4 heteroatoms. The molecule has 2 unspecified atom stereocenters. The van der Waals surface area contributed by atoms with Crippen LogP contribution in [0.25, 0.3) is 0 Å². The van der Waals surface area contributed by atoms with Gasteiger partial charge in [0.2, 0.25) is 5.91 Å². The van der Waals surface area contributed by atoms with Crippen molar-refractivity contribution < 1.29 is 4.79 Å². The maximum Gasteiger partial charge on any atom is 0.224 e. The molecule has 1 fully saturated rings. The summed E-state index contributed by atoms with van der Waals surface area (Å²) in [6, 6.07) is 8.41.